The Hall–Kier alpha value is -0.940. The number of nitrogens with zero attached hydrogens (tertiary/aromatic N) is 3. The number of aryl methyl sites for hydroxylation is 1. The molecule has 0 saturated carbocycles. The Bertz CT molecular complexity index is 320. The van der Waals surface area contributed by atoms with Crippen LogP contribution in [0.4, 0.5) is 0 Å². The smallest absolute Gasteiger partial charge is 0.230 e. The SMILES string of the molecule is CCN(Cc1nnc(C)o1)C1CCNCC1. The van der Waals surface area contributed by atoms with Crippen LogP contribution in [0.1, 0.15) is 31.5 Å². The second kappa shape index (κ2) is 5.41. The third kappa shape index (κ3) is 2.80. The third-order valence-corrected chi connectivity index (χ3v) is 3.14. The zero-order chi connectivity index (χ0) is 11.4. The van der Waals surface area contributed by atoms with Crippen molar-refractivity contribution in [2.45, 2.75) is 39.3 Å². The Labute approximate surface area is 96.2 Å². The van der Waals surface area contributed by atoms with E-state index in [1.165, 1.54) is 12.8 Å². The quantitative estimate of drug-likeness (QED) is 0.825. The zero-order valence-electron chi connectivity index (χ0n) is 10.1. The molecule has 1 aromatic heterocycles. The summed E-state index contributed by atoms with van der Waals surface area (Å²) in [5, 5.41) is 11.3. The average Bonchev–Trinajstić information content (AvgIpc) is 2.73. The Morgan fingerprint density at radius 2 is 2.12 bits per heavy atom. The maximum atomic E-state index is 5.43. The van der Waals surface area contributed by atoms with Gasteiger partial charge < -0.3 is 9.73 Å². The molecular formula is C11H20N4O. The van der Waals surface area contributed by atoms with Crippen LogP contribution in [0, 0.1) is 6.92 Å². The summed E-state index contributed by atoms with van der Waals surface area (Å²) in [6, 6.07) is 0.651. The van der Waals surface area contributed by atoms with Crippen LogP contribution in [0.25, 0.3) is 0 Å². The predicted octanol–water partition coefficient (Wildman–Crippen LogP) is 0.952. The Morgan fingerprint density at radius 1 is 1.38 bits per heavy atom. The number of piperidine rings is 1. The van der Waals surface area contributed by atoms with Crippen molar-refractivity contribution in [2.75, 3.05) is 19.6 Å². The molecule has 0 atom stereocenters. The number of hydrogen-bond acceptors (Lipinski definition) is 5. The largest absolute Gasteiger partial charge is 0.424 e. The van der Waals surface area contributed by atoms with Gasteiger partial charge in [-0.2, -0.15) is 0 Å². The first kappa shape index (κ1) is 11.5. The van der Waals surface area contributed by atoms with E-state index in [2.05, 4.69) is 27.3 Å². The molecule has 0 amide bonds. The Balaban J connectivity index is 1.94. The van der Waals surface area contributed by atoms with E-state index in [1.54, 1.807) is 0 Å². The summed E-state index contributed by atoms with van der Waals surface area (Å²) in [7, 11) is 0. The predicted molar refractivity (Wildman–Crippen MR) is 61.0 cm³/mol. The molecule has 1 N–H and O–H groups in total. The number of nitrogens with one attached hydrogen (secondary N) is 1. The fourth-order valence-corrected chi connectivity index (χ4v) is 2.25. The van der Waals surface area contributed by atoms with E-state index in [-0.39, 0.29) is 0 Å². The van der Waals surface area contributed by atoms with Crippen LogP contribution in [0.5, 0.6) is 0 Å². The fraction of sp³-hybridized carbons (Fsp3) is 0.818. The maximum absolute atomic E-state index is 5.43. The summed E-state index contributed by atoms with van der Waals surface area (Å²) in [6.07, 6.45) is 2.42. The Kier molecular flexibility index (Phi) is 3.90. The summed E-state index contributed by atoms with van der Waals surface area (Å²) in [6.45, 7) is 8.06. The third-order valence-electron chi connectivity index (χ3n) is 3.14. The minimum Gasteiger partial charge on any atom is -0.424 e. The van der Waals surface area contributed by atoms with Gasteiger partial charge in [0.2, 0.25) is 11.8 Å². The summed E-state index contributed by atoms with van der Waals surface area (Å²) < 4.78 is 5.43. The van der Waals surface area contributed by atoms with Crippen LogP contribution in [-0.4, -0.2) is 40.8 Å². The molecule has 0 unspecified atom stereocenters. The Morgan fingerprint density at radius 3 is 2.69 bits per heavy atom. The molecular weight excluding hydrogens is 204 g/mol. The van der Waals surface area contributed by atoms with Gasteiger partial charge in [-0.05, 0) is 32.5 Å². The van der Waals surface area contributed by atoms with Gasteiger partial charge in [-0.15, -0.1) is 10.2 Å². The summed E-state index contributed by atoms with van der Waals surface area (Å²) in [5.74, 6) is 1.38. The number of rotatable bonds is 4. The average molecular weight is 224 g/mol. The molecule has 5 heteroatoms. The monoisotopic (exact) mass is 224 g/mol. The molecule has 0 aliphatic carbocycles. The molecule has 2 heterocycles. The minimum absolute atomic E-state index is 0.649. The van der Waals surface area contributed by atoms with Crippen molar-refractivity contribution in [3.63, 3.8) is 0 Å². The van der Waals surface area contributed by atoms with Gasteiger partial charge in [0.1, 0.15) is 0 Å². The highest BCUT2D eigenvalue weighted by atomic mass is 16.4. The van der Waals surface area contributed by atoms with Crippen molar-refractivity contribution in [1.29, 1.82) is 0 Å². The lowest BCUT2D eigenvalue weighted by Gasteiger charge is -2.32. The van der Waals surface area contributed by atoms with Gasteiger partial charge in [0, 0.05) is 13.0 Å². The van der Waals surface area contributed by atoms with Crippen LogP contribution >= 0.6 is 0 Å². The molecule has 90 valence electrons. The second-order valence-electron chi connectivity index (χ2n) is 4.26. The highest BCUT2D eigenvalue weighted by Gasteiger charge is 2.21. The summed E-state index contributed by atoms with van der Waals surface area (Å²) in [5.41, 5.74) is 0. The van der Waals surface area contributed by atoms with E-state index in [4.69, 9.17) is 4.42 Å². The standard InChI is InChI=1S/C11H20N4O/c1-3-15(10-4-6-12-7-5-10)8-11-14-13-9(2)16-11/h10,12H,3-8H2,1-2H3. The van der Waals surface area contributed by atoms with E-state index in [0.717, 1.165) is 32.1 Å². The summed E-state index contributed by atoms with van der Waals surface area (Å²) in [4.78, 5) is 2.42. The van der Waals surface area contributed by atoms with E-state index in [1.807, 2.05) is 6.92 Å². The molecule has 0 aromatic carbocycles. The maximum Gasteiger partial charge on any atom is 0.230 e. The normalized spacial score (nSPS) is 18.2. The van der Waals surface area contributed by atoms with E-state index in [9.17, 15) is 0 Å². The van der Waals surface area contributed by atoms with Crippen molar-refractivity contribution in [1.82, 2.24) is 20.4 Å². The highest BCUT2D eigenvalue weighted by Crippen LogP contribution is 2.14. The highest BCUT2D eigenvalue weighted by molar-refractivity contribution is 4.83. The molecule has 1 aliphatic rings. The van der Waals surface area contributed by atoms with Crippen LogP contribution in [0.3, 0.4) is 0 Å². The van der Waals surface area contributed by atoms with Crippen molar-refractivity contribution in [3.05, 3.63) is 11.8 Å². The molecule has 1 aromatic rings. The minimum atomic E-state index is 0.649. The van der Waals surface area contributed by atoms with Crippen molar-refractivity contribution >= 4 is 0 Å². The van der Waals surface area contributed by atoms with Gasteiger partial charge >= 0.3 is 0 Å². The lowest BCUT2D eigenvalue weighted by atomic mass is 10.1. The van der Waals surface area contributed by atoms with Crippen LogP contribution in [0.2, 0.25) is 0 Å². The lowest BCUT2D eigenvalue weighted by molar-refractivity contribution is 0.148. The first-order valence-electron chi connectivity index (χ1n) is 6.03. The van der Waals surface area contributed by atoms with Gasteiger partial charge in [0.05, 0.1) is 6.54 Å². The van der Waals surface area contributed by atoms with Gasteiger partial charge in [0.25, 0.3) is 0 Å². The first-order chi connectivity index (χ1) is 7.79. The van der Waals surface area contributed by atoms with Crippen LogP contribution < -0.4 is 5.32 Å². The second-order valence-corrected chi connectivity index (χ2v) is 4.26. The summed E-state index contributed by atoms with van der Waals surface area (Å²) >= 11 is 0. The number of hydrogen-bond donors (Lipinski definition) is 1. The molecule has 16 heavy (non-hydrogen) atoms. The molecule has 0 radical (unpaired) electrons. The molecule has 1 aliphatic heterocycles. The molecule has 2 rings (SSSR count). The van der Waals surface area contributed by atoms with Crippen molar-refractivity contribution in [3.8, 4) is 0 Å². The molecule has 0 bridgehead atoms. The van der Waals surface area contributed by atoms with Gasteiger partial charge in [-0.25, -0.2) is 0 Å². The van der Waals surface area contributed by atoms with Crippen LogP contribution in [-0.2, 0) is 6.54 Å². The van der Waals surface area contributed by atoms with Gasteiger partial charge in [-0.3, -0.25) is 4.90 Å². The van der Waals surface area contributed by atoms with Gasteiger partial charge in [-0.1, -0.05) is 6.92 Å². The van der Waals surface area contributed by atoms with Crippen molar-refractivity contribution in [2.24, 2.45) is 0 Å². The topological polar surface area (TPSA) is 54.2 Å². The fourth-order valence-electron chi connectivity index (χ4n) is 2.25. The number of aromatic nitrogens is 2. The van der Waals surface area contributed by atoms with Gasteiger partial charge in [0.15, 0.2) is 0 Å². The van der Waals surface area contributed by atoms with Crippen LogP contribution in [0.15, 0.2) is 4.42 Å². The van der Waals surface area contributed by atoms with E-state index in [0.29, 0.717) is 11.9 Å². The lowest BCUT2D eigenvalue weighted by Crippen LogP contribution is -2.42. The molecule has 1 saturated heterocycles. The van der Waals surface area contributed by atoms with Crippen molar-refractivity contribution < 1.29 is 4.42 Å². The zero-order valence-corrected chi connectivity index (χ0v) is 10.1. The first-order valence-corrected chi connectivity index (χ1v) is 6.03. The molecule has 1 fully saturated rings. The van der Waals surface area contributed by atoms with E-state index >= 15 is 0 Å². The van der Waals surface area contributed by atoms with E-state index < -0.39 is 0 Å². The molecule has 5 nitrogen and oxygen atoms in total. The molecule has 0 spiro atoms.